The van der Waals surface area contributed by atoms with Crippen LogP contribution in [0, 0.1) is 0 Å². The summed E-state index contributed by atoms with van der Waals surface area (Å²) >= 11 is 7.01. The van der Waals surface area contributed by atoms with Gasteiger partial charge in [-0.25, -0.2) is 0 Å². The fourth-order valence-corrected chi connectivity index (χ4v) is 3.21. The summed E-state index contributed by atoms with van der Waals surface area (Å²) in [7, 11) is 0. The number of benzene rings is 2. The van der Waals surface area contributed by atoms with E-state index in [0.717, 1.165) is 31.2 Å². The molecule has 0 saturated carbocycles. The maximum atomic E-state index is 12.2. The van der Waals surface area contributed by atoms with Gasteiger partial charge in [-0.1, -0.05) is 56.1 Å². The van der Waals surface area contributed by atoms with Gasteiger partial charge in [-0.3, -0.25) is 4.79 Å². The minimum Gasteiger partial charge on any atom is -0.289 e. The summed E-state index contributed by atoms with van der Waals surface area (Å²) in [6, 6.07) is 11.4. The molecular formula is C13H6Br2O. The zero-order valence-electron chi connectivity index (χ0n) is 8.13. The van der Waals surface area contributed by atoms with Gasteiger partial charge in [-0.2, -0.15) is 0 Å². The van der Waals surface area contributed by atoms with Crippen LogP contribution in [0.25, 0.3) is 11.1 Å². The van der Waals surface area contributed by atoms with Gasteiger partial charge in [0.25, 0.3) is 0 Å². The van der Waals surface area contributed by atoms with Gasteiger partial charge in [0.05, 0.1) is 0 Å². The molecule has 0 unspecified atom stereocenters. The fraction of sp³-hybridized carbons (Fsp3) is 0. The Morgan fingerprint density at radius 3 is 1.62 bits per heavy atom. The van der Waals surface area contributed by atoms with Crippen molar-refractivity contribution in [2.24, 2.45) is 0 Å². The summed E-state index contributed by atoms with van der Waals surface area (Å²) in [4.78, 5) is 12.2. The summed E-state index contributed by atoms with van der Waals surface area (Å²) in [5, 5.41) is 0. The molecule has 16 heavy (non-hydrogen) atoms. The Morgan fingerprint density at radius 1 is 0.750 bits per heavy atom. The van der Waals surface area contributed by atoms with E-state index in [9.17, 15) is 4.79 Å². The van der Waals surface area contributed by atoms with Crippen LogP contribution in [0.4, 0.5) is 0 Å². The van der Waals surface area contributed by atoms with Crippen molar-refractivity contribution in [3.63, 3.8) is 0 Å². The van der Waals surface area contributed by atoms with Crippen LogP contribution in [0.2, 0.25) is 0 Å². The average Bonchev–Trinajstić information content (AvgIpc) is 2.56. The zero-order valence-corrected chi connectivity index (χ0v) is 11.3. The van der Waals surface area contributed by atoms with Gasteiger partial charge >= 0.3 is 0 Å². The van der Waals surface area contributed by atoms with Crippen LogP contribution in [0.1, 0.15) is 15.9 Å². The van der Waals surface area contributed by atoms with Crippen LogP contribution in [0.5, 0.6) is 0 Å². The van der Waals surface area contributed by atoms with Crippen LogP contribution in [0.3, 0.4) is 0 Å². The molecule has 0 saturated heterocycles. The first-order valence-electron chi connectivity index (χ1n) is 4.82. The molecule has 1 aliphatic carbocycles. The standard InChI is InChI=1S/C13H6Br2O/c14-9-5-1-3-7-11(9)12-8(13(7)16)4-2-6-10(12)15/h1-6H. The first kappa shape index (κ1) is 10.2. The highest BCUT2D eigenvalue weighted by Crippen LogP contribution is 2.44. The van der Waals surface area contributed by atoms with Gasteiger partial charge in [0.15, 0.2) is 5.78 Å². The van der Waals surface area contributed by atoms with Crippen molar-refractivity contribution in [2.75, 3.05) is 0 Å². The Hall–Kier alpha value is -0.930. The number of carbonyl (C=O) groups excluding carboxylic acids is 1. The van der Waals surface area contributed by atoms with Gasteiger partial charge in [-0.05, 0) is 12.1 Å². The number of hydrogen-bond donors (Lipinski definition) is 0. The zero-order chi connectivity index (χ0) is 11.3. The second-order valence-electron chi connectivity index (χ2n) is 3.65. The van der Waals surface area contributed by atoms with Crippen molar-refractivity contribution in [3.8, 4) is 11.1 Å². The van der Waals surface area contributed by atoms with Crippen molar-refractivity contribution in [2.45, 2.75) is 0 Å². The summed E-state index contributed by atoms with van der Waals surface area (Å²) in [6.45, 7) is 0. The smallest absolute Gasteiger partial charge is 0.194 e. The summed E-state index contributed by atoms with van der Waals surface area (Å²) < 4.78 is 1.92. The van der Waals surface area contributed by atoms with E-state index in [4.69, 9.17) is 0 Å². The van der Waals surface area contributed by atoms with E-state index >= 15 is 0 Å². The number of rotatable bonds is 0. The van der Waals surface area contributed by atoms with Crippen LogP contribution >= 0.6 is 31.9 Å². The Bertz CT molecular complexity index is 564. The van der Waals surface area contributed by atoms with Gasteiger partial charge in [0, 0.05) is 31.2 Å². The maximum absolute atomic E-state index is 12.2. The lowest BCUT2D eigenvalue weighted by Gasteiger charge is -2.04. The normalized spacial score (nSPS) is 12.5. The van der Waals surface area contributed by atoms with Crippen molar-refractivity contribution in [3.05, 3.63) is 56.5 Å². The highest BCUT2D eigenvalue weighted by atomic mass is 79.9. The van der Waals surface area contributed by atoms with Crippen LogP contribution in [-0.4, -0.2) is 5.78 Å². The third-order valence-corrected chi connectivity index (χ3v) is 4.09. The molecule has 2 aromatic carbocycles. The lowest BCUT2D eigenvalue weighted by molar-refractivity contribution is 0.104. The molecule has 0 aliphatic heterocycles. The summed E-state index contributed by atoms with van der Waals surface area (Å²) in [5.41, 5.74) is 3.54. The van der Waals surface area contributed by atoms with E-state index in [1.54, 1.807) is 0 Å². The van der Waals surface area contributed by atoms with Crippen molar-refractivity contribution in [1.82, 2.24) is 0 Å². The summed E-state index contributed by atoms with van der Waals surface area (Å²) in [6.07, 6.45) is 0. The van der Waals surface area contributed by atoms with E-state index in [-0.39, 0.29) is 5.78 Å². The third-order valence-electron chi connectivity index (χ3n) is 2.77. The minimum atomic E-state index is 0.104. The minimum absolute atomic E-state index is 0.104. The number of hydrogen-bond acceptors (Lipinski definition) is 1. The number of ketones is 1. The highest BCUT2D eigenvalue weighted by molar-refractivity contribution is 9.11. The number of fused-ring (bicyclic) bond motifs is 3. The number of halogens is 2. The van der Waals surface area contributed by atoms with Gasteiger partial charge in [0.1, 0.15) is 0 Å². The van der Waals surface area contributed by atoms with Crippen LogP contribution < -0.4 is 0 Å². The molecule has 0 radical (unpaired) electrons. The van der Waals surface area contributed by atoms with Crippen molar-refractivity contribution >= 4 is 37.6 Å². The van der Waals surface area contributed by atoms with E-state index in [1.807, 2.05) is 36.4 Å². The molecule has 1 aliphatic rings. The number of carbonyl (C=O) groups is 1. The molecule has 1 nitrogen and oxygen atoms in total. The van der Waals surface area contributed by atoms with Gasteiger partial charge in [0.2, 0.25) is 0 Å². The van der Waals surface area contributed by atoms with Crippen LogP contribution in [0.15, 0.2) is 45.3 Å². The molecule has 0 amide bonds. The monoisotopic (exact) mass is 336 g/mol. The predicted molar refractivity (Wildman–Crippen MR) is 70.7 cm³/mol. The third kappa shape index (κ3) is 1.25. The molecule has 2 aromatic rings. The van der Waals surface area contributed by atoms with Gasteiger partial charge < -0.3 is 0 Å². The Morgan fingerprint density at radius 2 is 1.19 bits per heavy atom. The maximum Gasteiger partial charge on any atom is 0.194 e. The van der Waals surface area contributed by atoms with E-state index < -0.39 is 0 Å². The first-order chi connectivity index (χ1) is 7.70. The molecular weight excluding hydrogens is 332 g/mol. The molecule has 3 heteroatoms. The molecule has 0 atom stereocenters. The van der Waals surface area contributed by atoms with E-state index in [2.05, 4.69) is 31.9 Å². The molecule has 0 fully saturated rings. The Labute approximate surface area is 110 Å². The van der Waals surface area contributed by atoms with E-state index in [1.165, 1.54) is 0 Å². The average molecular weight is 338 g/mol. The SMILES string of the molecule is O=C1c2cccc(Br)c2-c2c(Br)cccc21. The first-order valence-corrected chi connectivity index (χ1v) is 6.41. The topological polar surface area (TPSA) is 17.1 Å². The van der Waals surface area contributed by atoms with Crippen molar-refractivity contribution in [1.29, 1.82) is 0 Å². The largest absolute Gasteiger partial charge is 0.289 e. The molecule has 0 bridgehead atoms. The molecule has 0 aromatic heterocycles. The molecule has 0 N–H and O–H groups in total. The second kappa shape index (κ2) is 3.54. The Kier molecular flexibility index (Phi) is 2.26. The molecule has 78 valence electrons. The van der Waals surface area contributed by atoms with Crippen LogP contribution in [-0.2, 0) is 0 Å². The second-order valence-corrected chi connectivity index (χ2v) is 5.36. The molecule has 0 heterocycles. The lowest BCUT2D eigenvalue weighted by atomic mass is 10.1. The molecule has 0 spiro atoms. The van der Waals surface area contributed by atoms with Gasteiger partial charge in [-0.15, -0.1) is 0 Å². The quantitative estimate of drug-likeness (QED) is 0.593. The molecule has 3 rings (SSSR count). The van der Waals surface area contributed by atoms with Crippen molar-refractivity contribution < 1.29 is 4.79 Å². The Balaban J connectivity index is 2.48. The predicted octanol–water partition coefficient (Wildman–Crippen LogP) is 4.42. The summed E-state index contributed by atoms with van der Waals surface area (Å²) in [5.74, 6) is 0.104. The highest BCUT2D eigenvalue weighted by Gasteiger charge is 2.29. The van der Waals surface area contributed by atoms with E-state index in [0.29, 0.717) is 0 Å². The lowest BCUT2D eigenvalue weighted by Crippen LogP contribution is -1.94. The fourth-order valence-electron chi connectivity index (χ4n) is 2.08.